The van der Waals surface area contributed by atoms with Crippen molar-refractivity contribution in [3.05, 3.63) is 28.4 Å². The molecule has 1 aromatic carbocycles. The van der Waals surface area contributed by atoms with E-state index in [-0.39, 0.29) is 11.4 Å². The van der Waals surface area contributed by atoms with Gasteiger partial charge in [0, 0.05) is 9.86 Å². The molecule has 0 saturated carbocycles. The Bertz CT molecular complexity index is 556. The predicted molar refractivity (Wildman–Crippen MR) is 58.6 cm³/mol. The fraction of sp³-hybridized carbons (Fsp3) is 0. The first-order chi connectivity index (χ1) is 7.09. The molecular weight excluding hydrogens is 262 g/mol. The highest BCUT2D eigenvalue weighted by Gasteiger charge is 2.13. The van der Waals surface area contributed by atoms with E-state index in [0.29, 0.717) is 10.9 Å². The molecule has 0 aliphatic rings. The predicted octanol–water partition coefficient (Wildman–Crippen LogP) is 1.67. The molecule has 0 radical (unpaired) electrons. The van der Waals surface area contributed by atoms with Crippen LogP contribution in [0.25, 0.3) is 10.9 Å². The number of aromatic carboxylic acids is 1. The van der Waals surface area contributed by atoms with Crippen LogP contribution in [0.4, 0.5) is 5.69 Å². The van der Waals surface area contributed by atoms with Gasteiger partial charge in [-0.15, -0.1) is 10.2 Å². The second kappa shape index (κ2) is 3.47. The molecule has 0 bridgehead atoms. The van der Waals surface area contributed by atoms with E-state index < -0.39 is 5.97 Å². The molecule has 0 spiro atoms. The van der Waals surface area contributed by atoms with Gasteiger partial charge in [-0.1, -0.05) is 15.9 Å². The molecule has 0 unspecified atom stereocenters. The number of hydrogen-bond donors (Lipinski definition) is 2. The monoisotopic (exact) mass is 267 g/mol. The number of nitrogens with two attached hydrogens (primary N) is 1. The lowest BCUT2D eigenvalue weighted by Crippen LogP contribution is -2.07. The van der Waals surface area contributed by atoms with Crippen LogP contribution in [0.1, 0.15) is 10.5 Å². The van der Waals surface area contributed by atoms with E-state index in [0.717, 1.165) is 4.47 Å². The Morgan fingerprint density at radius 3 is 2.80 bits per heavy atom. The van der Waals surface area contributed by atoms with Crippen molar-refractivity contribution >= 4 is 38.5 Å². The van der Waals surface area contributed by atoms with Crippen LogP contribution >= 0.6 is 15.9 Å². The smallest absolute Gasteiger partial charge is 0.358 e. The zero-order valence-electron chi connectivity index (χ0n) is 7.44. The highest BCUT2D eigenvalue weighted by Crippen LogP contribution is 2.24. The van der Waals surface area contributed by atoms with Crippen molar-refractivity contribution in [2.24, 2.45) is 0 Å². The van der Waals surface area contributed by atoms with Crippen molar-refractivity contribution in [1.82, 2.24) is 10.2 Å². The number of hydrogen-bond acceptors (Lipinski definition) is 4. The zero-order valence-corrected chi connectivity index (χ0v) is 9.02. The minimum atomic E-state index is -1.18. The number of benzene rings is 1. The first-order valence-corrected chi connectivity index (χ1v) is 4.83. The average molecular weight is 268 g/mol. The summed E-state index contributed by atoms with van der Waals surface area (Å²) in [6, 6.07) is 5.22. The molecule has 6 heteroatoms. The quantitative estimate of drug-likeness (QED) is 0.821. The molecule has 1 heterocycles. The summed E-state index contributed by atoms with van der Waals surface area (Å²) in [5, 5.41) is 16.7. The van der Waals surface area contributed by atoms with Crippen LogP contribution in [0.15, 0.2) is 22.7 Å². The third kappa shape index (κ3) is 1.63. The Morgan fingerprint density at radius 2 is 2.13 bits per heavy atom. The Morgan fingerprint density at radius 1 is 1.40 bits per heavy atom. The highest BCUT2D eigenvalue weighted by molar-refractivity contribution is 9.10. The summed E-state index contributed by atoms with van der Waals surface area (Å²) >= 11 is 3.28. The van der Waals surface area contributed by atoms with Gasteiger partial charge in [0.05, 0.1) is 11.2 Å². The topological polar surface area (TPSA) is 89.1 Å². The van der Waals surface area contributed by atoms with Gasteiger partial charge in [-0.25, -0.2) is 4.79 Å². The Hall–Kier alpha value is -1.69. The van der Waals surface area contributed by atoms with E-state index in [4.69, 9.17) is 10.8 Å². The number of halogens is 1. The maximum atomic E-state index is 10.8. The lowest BCUT2D eigenvalue weighted by molar-refractivity contribution is 0.0691. The molecule has 1 aromatic heterocycles. The lowest BCUT2D eigenvalue weighted by atomic mass is 10.2. The molecule has 0 atom stereocenters. The van der Waals surface area contributed by atoms with Crippen molar-refractivity contribution in [3.63, 3.8) is 0 Å². The summed E-state index contributed by atoms with van der Waals surface area (Å²) in [6.07, 6.45) is 0. The number of carboxylic acid groups (broad SMARTS) is 1. The van der Waals surface area contributed by atoms with Crippen molar-refractivity contribution in [2.45, 2.75) is 0 Å². The van der Waals surface area contributed by atoms with Crippen LogP contribution in [-0.2, 0) is 0 Å². The molecule has 2 aromatic rings. The Kier molecular flexibility index (Phi) is 2.28. The van der Waals surface area contributed by atoms with E-state index >= 15 is 0 Å². The van der Waals surface area contributed by atoms with Gasteiger partial charge in [-0.2, -0.15) is 0 Å². The van der Waals surface area contributed by atoms with Gasteiger partial charge in [-0.3, -0.25) is 0 Å². The van der Waals surface area contributed by atoms with E-state index in [1.54, 1.807) is 18.2 Å². The van der Waals surface area contributed by atoms with Crippen molar-refractivity contribution in [3.8, 4) is 0 Å². The number of nitrogens with zero attached hydrogens (tertiary/aromatic N) is 2. The number of carboxylic acids is 1. The number of anilines is 1. The van der Waals surface area contributed by atoms with E-state index in [1.807, 2.05) is 0 Å². The van der Waals surface area contributed by atoms with Crippen LogP contribution in [0.5, 0.6) is 0 Å². The summed E-state index contributed by atoms with van der Waals surface area (Å²) < 4.78 is 0.811. The van der Waals surface area contributed by atoms with Gasteiger partial charge >= 0.3 is 5.97 Å². The number of aromatic nitrogens is 2. The van der Waals surface area contributed by atoms with Gasteiger partial charge in [0.25, 0.3) is 0 Å². The Balaban J connectivity index is 2.82. The maximum Gasteiger partial charge on any atom is 0.358 e. The molecule has 0 aliphatic heterocycles. The molecule has 3 N–H and O–H groups in total. The van der Waals surface area contributed by atoms with Gasteiger partial charge in [-0.05, 0) is 18.2 Å². The van der Waals surface area contributed by atoms with Crippen LogP contribution in [-0.4, -0.2) is 21.3 Å². The molecule has 76 valence electrons. The third-order valence-electron chi connectivity index (χ3n) is 1.96. The first kappa shape index (κ1) is 9.85. The molecule has 0 amide bonds. The van der Waals surface area contributed by atoms with E-state index in [1.165, 1.54) is 0 Å². The molecule has 0 fully saturated rings. The van der Waals surface area contributed by atoms with Crippen LogP contribution in [0.2, 0.25) is 0 Å². The van der Waals surface area contributed by atoms with Gasteiger partial charge < -0.3 is 10.8 Å². The molecule has 5 nitrogen and oxygen atoms in total. The second-order valence-electron chi connectivity index (χ2n) is 2.93. The summed E-state index contributed by atoms with van der Waals surface area (Å²) in [5.41, 5.74) is 6.17. The zero-order chi connectivity index (χ0) is 11.0. The minimum absolute atomic E-state index is 0.133. The third-order valence-corrected chi connectivity index (χ3v) is 2.46. The van der Waals surface area contributed by atoms with Gasteiger partial charge in [0.15, 0.2) is 5.69 Å². The number of carbonyl (C=O) groups is 1. The average Bonchev–Trinajstić information content (AvgIpc) is 2.19. The first-order valence-electron chi connectivity index (χ1n) is 4.04. The molecular formula is C9H6BrN3O2. The van der Waals surface area contributed by atoms with Crippen molar-refractivity contribution in [1.29, 1.82) is 0 Å². The van der Waals surface area contributed by atoms with E-state index in [2.05, 4.69) is 26.1 Å². The van der Waals surface area contributed by atoms with E-state index in [9.17, 15) is 4.79 Å². The fourth-order valence-electron chi connectivity index (χ4n) is 1.25. The standard InChI is InChI=1S/C9H6BrN3O2/c10-4-1-2-6-5(3-4)7(11)8(9(14)15)13-12-6/h1-3H,(H2,11,12)(H,14,15). The summed E-state index contributed by atoms with van der Waals surface area (Å²) in [6.45, 7) is 0. The largest absolute Gasteiger partial charge is 0.476 e. The lowest BCUT2D eigenvalue weighted by Gasteiger charge is -2.03. The number of nitrogen functional groups attached to an aromatic ring is 1. The minimum Gasteiger partial charge on any atom is -0.476 e. The SMILES string of the molecule is Nc1c(C(=O)O)nnc2ccc(Br)cc12. The normalized spacial score (nSPS) is 10.5. The van der Waals surface area contributed by atoms with Crippen molar-refractivity contribution in [2.75, 3.05) is 5.73 Å². The summed E-state index contributed by atoms with van der Waals surface area (Å²) in [5.74, 6) is -1.18. The maximum absolute atomic E-state index is 10.8. The van der Waals surface area contributed by atoms with Crippen molar-refractivity contribution < 1.29 is 9.90 Å². The van der Waals surface area contributed by atoms with Gasteiger partial charge in [0.2, 0.25) is 0 Å². The second-order valence-corrected chi connectivity index (χ2v) is 3.84. The Labute approximate surface area is 93.0 Å². The summed E-state index contributed by atoms with van der Waals surface area (Å²) in [7, 11) is 0. The fourth-order valence-corrected chi connectivity index (χ4v) is 1.62. The molecule has 15 heavy (non-hydrogen) atoms. The molecule has 0 saturated heterocycles. The number of fused-ring (bicyclic) bond motifs is 1. The van der Waals surface area contributed by atoms with Gasteiger partial charge in [0.1, 0.15) is 0 Å². The van der Waals surface area contributed by atoms with Crippen LogP contribution in [0.3, 0.4) is 0 Å². The van der Waals surface area contributed by atoms with Crippen LogP contribution in [0, 0.1) is 0 Å². The molecule has 0 aliphatic carbocycles. The van der Waals surface area contributed by atoms with Crippen LogP contribution < -0.4 is 5.73 Å². The summed E-state index contributed by atoms with van der Waals surface area (Å²) in [4.78, 5) is 10.8. The highest BCUT2D eigenvalue weighted by atomic mass is 79.9. The molecule has 2 rings (SSSR count). The number of rotatable bonds is 1.